The lowest BCUT2D eigenvalue weighted by Crippen LogP contribution is -2.36. The number of hydrogen-bond acceptors (Lipinski definition) is 5. The van der Waals surface area contributed by atoms with Crippen LogP contribution in [0.4, 0.5) is 17.6 Å². The van der Waals surface area contributed by atoms with E-state index in [9.17, 15) is 27.2 Å². The number of halogens is 4. The van der Waals surface area contributed by atoms with E-state index in [1.807, 2.05) is 26.8 Å². The summed E-state index contributed by atoms with van der Waals surface area (Å²) >= 11 is 0. The Bertz CT molecular complexity index is 2400. The zero-order valence-electron chi connectivity index (χ0n) is 33.4. The Kier molecular flexibility index (Phi) is 11.4. The maximum absolute atomic E-state index is 14.9. The van der Waals surface area contributed by atoms with Gasteiger partial charge in [-0.2, -0.15) is 8.78 Å². The summed E-state index contributed by atoms with van der Waals surface area (Å²) < 4.78 is 62.1. The molecule has 4 unspecified atom stereocenters. The molecule has 1 heterocycles. The molecule has 1 fully saturated rings. The van der Waals surface area contributed by atoms with Gasteiger partial charge in [0.05, 0.1) is 11.2 Å². The van der Waals surface area contributed by atoms with E-state index in [0.717, 1.165) is 87.9 Å². The number of ether oxygens (including phenoxy) is 1. The van der Waals surface area contributed by atoms with Gasteiger partial charge >= 0.3 is 18.3 Å². The van der Waals surface area contributed by atoms with Crippen molar-refractivity contribution in [2.24, 2.45) is 22.9 Å². The first-order chi connectivity index (χ1) is 27.2. The molecule has 0 amide bonds. The smallest absolute Gasteiger partial charge is 0.340 e. The highest BCUT2D eigenvalue weighted by atomic mass is 19.3. The number of unbranched alkanes of at least 4 members (excludes halogenated alkanes) is 1. The minimum Gasteiger partial charge on any atom is -0.486 e. The van der Waals surface area contributed by atoms with Crippen LogP contribution in [-0.4, -0.2) is 41.0 Å². The lowest BCUT2D eigenvalue weighted by atomic mass is 9.84. The number of hydrogen-bond donors (Lipinski definition) is 0. The lowest BCUT2D eigenvalue weighted by molar-refractivity contribution is -0.148. The van der Waals surface area contributed by atoms with Crippen molar-refractivity contribution in [2.75, 3.05) is 6.61 Å². The Morgan fingerprint density at radius 1 is 1.04 bits per heavy atom. The van der Waals surface area contributed by atoms with Gasteiger partial charge in [0.25, 0.3) is 0 Å². The molecule has 0 spiro atoms. The van der Waals surface area contributed by atoms with Crippen LogP contribution >= 0.6 is 0 Å². The minimum absolute atomic E-state index is 0.0000970. The van der Waals surface area contributed by atoms with E-state index in [1.165, 1.54) is 13.0 Å². The maximum atomic E-state index is 14.9. The zero-order chi connectivity index (χ0) is 40.8. The number of rotatable bonds is 15. The van der Waals surface area contributed by atoms with E-state index in [4.69, 9.17) is 9.57 Å². The number of carbonyl (C=O) groups is 2. The van der Waals surface area contributed by atoms with Crippen LogP contribution < -0.4 is 15.3 Å². The SMILES string of the molecule is CCCCC(CC)Cn1c2c(c3cc(C(=O)c4c(C)cc(C)cc4C)c4c(c31)C=CC1CC41)=CC(/C(=N\OC(C)=O)c1ccccc1OCC(F)(F)C(F)F)CC=2. The predicted octanol–water partition coefficient (Wildman–Crippen LogP) is 9.97. The van der Waals surface area contributed by atoms with Crippen molar-refractivity contribution in [3.8, 4) is 5.75 Å². The second-order valence-electron chi connectivity index (χ2n) is 16.1. The van der Waals surface area contributed by atoms with Crippen molar-refractivity contribution < 1.29 is 36.7 Å². The molecule has 0 N–H and O–H groups in total. The number of allylic oxidation sites excluding steroid dienone is 1. The Morgan fingerprint density at radius 2 is 1.77 bits per heavy atom. The van der Waals surface area contributed by atoms with Gasteiger partial charge in [-0.3, -0.25) is 4.79 Å². The fourth-order valence-corrected chi connectivity index (χ4v) is 8.95. The third kappa shape index (κ3) is 7.84. The van der Waals surface area contributed by atoms with Crippen LogP contribution in [0.2, 0.25) is 0 Å². The number of aryl methyl sites for hydroxylation is 3. The molecule has 3 aliphatic carbocycles. The van der Waals surface area contributed by atoms with E-state index in [0.29, 0.717) is 29.4 Å². The molecule has 0 saturated heterocycles. The third-order valence-electron chi connectivity index (χ3n) is 11.8. The summed E-state index contributed by atoms with van der Waals surface area (Å²) in [4.78, 5) is 32.2. The van der Waals surface area contributed by atoms with Crippen molar-refractivity contribution in [3.63, 3.8) is 0 Å². The molecule has 300 valence electrons. The number of alkyl halides is 4. The summed E-state index contributed by atoms with van der Waals surface area (Å²) in [7, 11) is 0. The Hall–Kier alpha value is -4.99. The number of aromatic nitrogens is 1. The van der Waals surface area contributed by atoms with Crippen molar-refractivity contribution in [2.45, 2.75) is 105 Å². The Balaban J connectivity index is 1.46. The standard InChI is InChI=1S/C47H50F4N2O4/c1-7-9-12-30(8-2)24-53-39-18-16-32(43(52-57-29(6)54)33-13-10-11-14-40(33)56-25-47(50,51)46(48)49)22-36(39)37-23-38(42-34(44(37)53)17-15-31-21-35(31)42)45(55)41-27(4)19-26(3)20-28(41)5/h10-11,13-15,17-20,22-23,30-32,35,46H,7-9,12,16,21,24-25H2,1-6H3/b52-43+. The van der Waals surface area contributed by atoms with Crippen LogP contribution in [0.1, 0.15) is 115 Å². The van der Waals surface area contributed by atoms with Gasteiger partial charge in [0.1, 0.15) is 5.75 Å². The molecule has 0 radical (unpaired) electrons. The molecule has 1 saturated carbocycles. The highest BCUT2D eigenvalue weighted by Crippen LogP contribution is 2.55. The number of benzene rings is 3. The molecule has 3 aromatic carbocycles. The number of para-hydroxylation sites is 1. The largest absolute Gasteiger partial charge is 0.486 e. The van der Waals surface area contributed by atoms with E-state index in [-0.39, 0.29) is 28.7 Å². The highest BCUT2D eigenvalue weighted by molar-refractivity contribution is 6.15. The molecule has 7 rings (SSSR count). The summed E-state index contributed by atoms with van der Waals surface area (Å²) in [6, 6.07) is 12.4. The van der Waals surface area contributed by atoms with Gasteiger partial charge in [0, 0.05) is 57.6 Å². The van der Waals surface area contributed by atoms with Gasteiger partial charge in [0.2, 0.25) is 0 Å². The van der Waals surface area contributed by atoms with Crippen molar-refractivity contribution in [3.05, 3.63) is 104 Å². The molecule has 10 heteroatoms. The fraction of sp³-hybridized carbons (Fsp3) is 0.426. The van der Waals surface area contributed by atoms with Crippen LogP contribution in [0, 0.1) is 38.5 Å². The average Bonchev–Trinajstić information content (AvgIpc) is 3.91. The number of fused-ring (bicyclic) bond motifs is 7. The second-order valence-corrected chi connectivity index (χ2v) is 16.1. The van der Waals surface area contributed by atoms with Crippen LogP contribution in [-0.2, 0) is 16.2 Å². The predicted molar refractivity (Wildman–Crippen MR) is 217 cm³/mol. The van der Waals surface area contributed by atoms with E-state index < -0.39 is 30.8 Å². The quantitative estimate of drug-likeness (QED) is 0.0396. The number of oxime groups is 1. The first kappa shape index (κ1) is 40.2. The summed E-state index contributed by atoms with van der Waals surface area (Å²) in [5.41, 5.74) is 8.09. The van der Waals surface area contributed by atoms with Gasteiger partial charge < -0.3 is 14.1 Å². The molecule has 4 aromatic rings. The molecule has 0 bridgehead atoms. The molecule has 0 aliphatic heterocycles. The van der Waals surface area contributed by atoms with Crippen molar-refractivity contribution in [1.82, 2.24) is 4.57 Å². The third-order valence-corrected chi connectivity index (χ3v) is 11.8. The second kappa shape index (κ2) is 16.1. The van der Waals surface area contributed by atoms with E-state index >= 15 is 0 Å². The topological polar surface area (TPSA) is 69.9 Å². The van der Waals surface area contributed by atoms with Crippen LogP contribution in [0.5, 0.6) is 5.75 Å². The molecular weight excluding hydrogens is 733 g/mol. The average molecular weight is 783 g/mol. The first-order valence-electron chi connectivity index (χ1n) is 20.1. The summed E-state index contributed by atoms with van der Waals surface area (Å²) in [6.45, 7) is 10.9. The van der Waals surface area contributed by atoms with E-state index in [2.05, 4.69) is 60.0 Å². The van der Waals surface area contributed by atoms with Crippen LogP contribution in [0.3, 0.4) is 0 Å². The molecule has 57 heavy (non-hydrogen) atoms. The number of ketones is 1. The minimum atomic E-state index is -4.38. The summed E-state index contributed by atoms with van der Waals surface area (Å²) in [5, 5.41) is 7.06. The zero-order valence-corrected chi connectivity index (χ0v) is 33.4. The fourth-order valence-electron chi connectivity index (χ4n) is 8.95. The normalized spacial score (nSPS) is 19.0. The summed E-state index contributed by atoms with van der Waals surface area (Å²) in [6.07, 6.45) is 10.5. The van der Waals surface area contributed by atoms with Crippen LogP contribution in [0.15, 0.2) is 53.7 Å². The van der Waals surface area contributed by atoms with Crippen molar-refractivity contribution in [1.29, 1.82) is 0 Å². The van der Waals surface area contributed by atoms with Gasteiger partial charge in [-0.1, -0.05) is 92.4 Å². The van der Waals surface area contributed by atoms with Crippen LogP contribution in [0.25, 0.3) is 29.1 Å². The molecular formula is C47H50F4N2O4. The molecule has 4 atom stereocenters. The van der Waals surface area contributed by atoms with Crippen molar-refractivity contribution >= 4 is 46.6 Å². The summed E-state index contributed by atoms with van der Waals surface area (Å²) in [5.74, 6) is -4.62. The monoisotopic (exact) mass is 782 g/mol. The van der Waals surface area contributed by atoms with Gasteiger partial charge in [-0.25, -0.2) is 13.6 Å². The van der Waals surface area contributed by atoms with E-state index in [1.54, 1.807) is 18.2 Å². The lowest BCUT2D eigenvalue weighted by Gasteiger charge is -2.22. The number of carbonyl (C=O) groups excluding carboxylic acids is 2. The highest BCUT2D eigenvalue weighted by Gasteiger charge is 2.44. The first-order valence-corrected chi connectivity index (χ1v) is 20.1. The Morgan fingerprint density at radius 3 is 2.46 bits per heavy atom. The van der Waals surface area contributed by atoms with Gasteiger partial charge in [0.15, 0.2) is 12.4 Å². The molecule has 3 aliphatic rings. The molecule has 6 nitrogen and oxygen atoms in total. The number of nitrogens with zero attached hydrogens (tertiary/aromatic N) is 2. The molecule has 1 aromatic heterocycles. The Labute approximate surface area is 330 Å². The van der Waals surface area contributed by atoms with Gasteiger partial charge in [-0.05, 0) is 92.7 Å². The maximum Gasteiger partial charge on any atom is 0.340 e. The van der Waals surface area contributed by atoms with Gasteiger partial charge in [-0.15, -0.1) is 0 Å².